The van der Waals surface area contributed by atoms with Gasteiger partial charge in [-0.15, -0.1) is 0 Å². The van der Waals surface area contributed by atoms with Gasteiger partial charge in [0, 0.05) is 25.6 Å². The molecule has 1 N–H and O–H groups in total. The molecule has 2 aromatic rings. The van der Waals surface area contributed by atoms with Crippen molar-refractivity contribution in [3.05, 3.63) is 65.5 Å². The van der Waals surface area contributed by atoms with Gasteiger partial charge in [0.05, 0.1) is 4.90 Å². The van der Waals surface area contributed by atoms with E-state index in [4.69, 9.17) is 0 Å². The summed E-state index contributed by atoms with van der Waals surface area (Å²) in [5.41, 5.74) is 1.43. The molecule has 1 saturated carbocycles. The molecular formula is C21H23FN2O3S. The van der Waals surface area contributed by atoms with Gasteiger partial charge in [0.2, 0.25) is 15.9 Å². The molecule has 1 aliphatic carbocycles. The molecule has 28 heavy (non-hydrogen) atoms. The fraction of sp³-hybridized carbons (Fsp3) is 0.381. The Kier molecular flexibility index (Phi) is 5.21. The summed E-state index contributed by atoms with van der Waals surface area (Å²) in [6, 6.07) is 13.2. The van der Waals surface area contributed by atoms with Crippen molar-refractivity contribution in [3.63, 3.8) is 0 Å². The number of amides is 1. The highest BCUT2D eigenvalue weighted by molar-refractivity contribution is 7.89. The SMILES string of the molecule is O=C(NCc1ccc(S(=O)(=O)N2CCCC2)cc1)C1CC1c1ccccc1F. The Balaban J connectivity index is 1.33. The van der Waals surface area contributed by atoms with E-state index in [0.29, 0.717) is 31.6 Å². The zero-order valence-electron chi connectivity index (χ0n) is 15.5. The van der Waals surface area contributed by atoms with Gasteiger partial charge in [-0.05, 0) is 54.5 Å². The lowest BCUT2D eigenvalue weighted by molar-refractivity contribution is -0.122. The molecule has 2 aromatic carbocycles. The highest BCUT2D eigenvalue weighted by atomic mass is 32.2. The van der Waals surface area contributed by atoms with Gasteiger partial charge in [-0.3, -0.25) is 4.79 Å². The minimum atomic E-state index is -3.42. The second-order valence-electron chi connectivity index (χ2n) is 7.44. The van der Waals surface area contributed by atoms with E-state index in [0.717, 1.165) is 18.4 Å². The number of hydrogen-bond donors (Lipinski definition) is 1. The largest absolute Gasteiger partial charge is 0.352 e. The summed E-state index contributed by atoms with van der Waals surface area (Å²) in [6.07, 6.45) is 2.45. The van der Waals surface area contributed by atoms with E-state index in [1.165, 1.54) is 10.4 Å². The average Bonchev–Trinajstić information content (AvgIpc) is 3.28. The van der Waals surface area contributed by atoms with Gasteiger partial charge < -0.3 is 5.32 Å². The quantitative estimate of drug-likeness (QED) is 0.808. The van der Waals surface area contributed by atoms with Crippen LogP contribution in [0.2, 0.25) is 0 Å². The summed E-state index contributed by atoms with van der Waals surface area (Å²) in [5.74, 6) is -0.625. The van der Waals surface area contributed by atoms with Crippen LogP contribution >= 0.6 is 0 Å². The predicted molar refractivity (Wildman–Crippen MR) is 104 cm³/mol. The second-order valence-corrected chi connectivity index (χ2v) is 9.38. The lowest BCUT2D eigenvalue weighted by Crippen LogP contribution is -2.28. The van der Waals surface area contributed by atoms with Gasteiger partial charge in [-0.2, -0.15) is 4.31 Å². The first-order chi connectivity index (χ1) is 13.5. The molecular weight excluding hydrogens is 379 g/mol. The summed E-state index contributed by atoms with van der Waals surface area (Å²) < 4.78 is 40.4. The molecule has 7 heteroatoms. The maximum absolute atomic E-state index is 13.8. The maximum atomic E-state index is 13.8. The molecule has 2 fully saturated rings. The highest BCUT2D eigenvalue weighted by Crippen LogP contribution is 2.48. The third-order valence-electron chi connectivity index (χ3n) is 5.52. The summed E-state index contributed by atoms with van der Waals surface area (Å²) in [5, 5.41) is 2.87. The van der Waals surface area contributed by atoms with Gasteiger partial charge in [-0.25, -0.2) is 12.8 Å². The zero-order valence-corrected chi connectivity index (χ0v) is 16.3. The van der Waals surface area contributed by atoms with Crippen LogP contribution in [0.3, 0.4) is 0 Å². The molecule has 1 aliphatic heterocycles. The molecule has 1 amide bonds. The Morgan fingerprint density at radius 3 is 2.43 bits per heavy atom. The van der Waals surface area contributed by atoms with Crippen molar-refractivity contribution in [2.24, 2.45) is 5.92 Å². The summed E-state index contributed by atoms with van der Waals surface area (Å²) >= 11 is 0. The third-order valence-corrected chi connectivity index (χ3v) is 7.44. The van der Waals surface area contributed by atoms with E-state index in [1.807, 2.05) is 0 Å². The maximum Gasteiger partial charge on any atom is 0.243 e. The monoisotopic (exact) mass is 402 g/mol. The van der Waals surface area contributed by atoms with Crippen LogP contribution in [-0.4, -0.2) is 31.7 Å². The van der Waals surface area contributed by atoms with Crippen LogP contribution in [0.5, 0.6) is 0 Å². The molecule has 2 aliphatic rings. The Morgan fingerprint density at radius 1 is 1.07 bits per heavy atom. The number of benzene rings is 2. The Labute approximate surface area is 164 Å². The number of carbonyl (C=O) groups is 1. The molecule has 0 aromatic heterocycles. The van der Waals surface area contributed by atoms with Crippen LogP contribution in [0.25, 0.3) is 0 Å². The normalized spacial score (nSPS) is 22.2. The summed E-state index contributed by atoms with van der Waals surface area (Å²) in [6.45, 7) is 1.47. The number of carbonyl (C=O) groups excluding carboxylic acids is 1. The molecule has 4 rings (SSSR count). The molecule has 1 saturated heterocycles. The Hall–Kier alpha value is -2.25. The van der Waals surface area contributed by atoms with Crippen LogP contribution in [0.4, 0.5) is 4.39 Å². The zero-order chi connectivity index (χ0) is 19.7. The molecule has 5 nitrogen and oxygen atoms in total. The van der Waals surface area contributed by atoms with Crippen molar-refractivity contribution in [1.29, 1.82) is 0 Å². The van der Waals surface area contributed by atoms with Gasteiger partial charge in [0.15, 0.2) is 0 Å². The fourth-order valence-corrected chi connectivity index (χ4v) is 5.30. The van der Waals surface area contributed by atoms with Crippen LogP contribution in [0.1, 0.15) is 36.3 Å². The number of nitrogens with zero attached hydrogens (tertiary/aromatic N) is 1. The van der Waals surface area contributed by atoms with Crippen LogP contribution < -0.4 is 5.32 Å². The standard InChI is InChI=1S/C21H23FN2O3S/c22-20-6-2-1-5-17(20)18-13-19(18)21(25)23-14-15-7-9-16(10-8-15)28(26,27)24-11-3-4-12-24/h1-2,5-10,18-19H,3-4,11-14H2,(H,23,25). The fourth-order valence-electron chi connectivity index (χ4n) is 3.78. The van der Waals surface area contributed by atoms with Crippen molar-refractivity contribution in [1.82, 2.24) is 9.62 Å². The molecule has 0 spiro atoms. The van der Waals surface area contributed by atoms with Gasteiger partial charge in [0.1, 0.15) is 5.82 Å². The van der Waals surface area contributed by atoms with E-state index in [-0.39, 0.29) is 28.5 Å². The Morgan fingerprint density at radius 2 is 1.75 bits per heavy atom. The van der Waals surface area contributed by atoms with Crippen LogP contribution in [0.15, 0.2) is 53.4 Å². The number of sulfonamides is 1. The number of rotatable bonds is 6. The number of halogens is 1. The van der Waals surface area contributed by atoms with E-state index >= 15 is 0 Å². The minimum absolute atomic E-state index is 0.0609. The van der Waals surface area contributed by atoms with Crippen LogP contribution in [0, 0.1) is 11.7 Å². The van der Waals surface area contributed by atoms with Crippen molar-refractivity contribution in [2.75, 3.05) is 13.1 Å². The lowest BCUT2D eigenvalue weighted by atomic mass is 10.1. The van der Waals surface area contributed by atoms with Gasteiger partial charge in [0.25, 0.3) is 0 Å². The van der Waals surface area contributed by atoms with Crippen molar-refractivity contribution in [2.45, 2.75) is 36.6 Å². The highest BCUT2D eigenvalue weighted by Gasteiger charge is 2.44. The molecule has 2 unspecified atom stereocenters. The first-order valence-electron chi connectivity index (χ1n) is 9.58. The van der Waals surface area contributed by atoms with E-state index in [1.54, 1.807) is 42.5 Å². The molecule has 1 heterocycles. The van der Waals surface area contributed by atoms with E-state index in [2.05, 4.69) is 5.32 Å². The molecule has 2 atom stereocenters. The first-order valence-corrected chi connectivity index (χ1v) is 11.0. The second kappa shape index (κ2) is 7.64. The van der Waals surface area contributed by atoms with Gasteiger partial charge >= 0.3 is 0 Å². The minimum Gasteiger partial charge on any atom is -0.352 e. The average molecular weight is 402 g/mol. The van der Waals surface area contributed by atoms with Crippen LogP contribution in [-0.2, 0) is 21.4 Å². The van der Waals surface area contributed by atoms with Gasteiger partial charge in [-0.1, -0.05) is 30.3 Å². The lowest BCUT2D eigenvalue weighted by Gasteiger charge is -2.15. The molecule has 148 valence electrons. The van der Waals surface area contributed by atoms with E-state index in [9.17, 15) is 17.6 Å². The first kappa shape index (κ1) is 19.1. The smallest absolute Gasteiger partial charge is 0.243 e. The Bertz CT molecular complexity index is 969. The van der Waals surface area contributed by atoms with E-state index < -0.39 is 10.0 Å². The van der Waals surface area contributed by atoms with Crippen molar-refractivity contribution < 1.29 is 17.6 Å². The third kappa shape index (κ3) is 3.82. The predicted octanol–water partition coefficient (Wildman–Crippen LogP) is 3.03. The molecule has 0 bridgehead atoms. The summed E-state index contributed by atoms with van der Waals surface area (Å²) in [7, 11) is -3.42. The topological polar surface area (TPSA) is 66.5 Å². The number of hydrogen-bond acceptors (Lipinski definition) is 3. The molecule has 0 radical (unpaired) electrons. The summed E-state index contributed by atoms with van der Waals surface area (Å²) in [4.78, 5) is 12.6. The van der Waals surface area contributed by atoms with Crippen molar-refractivity contribution >= 4 is 15.9 Å². The van der Waals surface area contributed by atoms with Crippen molar-refractivity contribution in [3.8, 4) is 0 Å². The number of nitrogens with one attached hydrogen (secondary N) is 1.